The molecule has 0 fully saturated rings. The van der Waals surface area contributed by atoms with E-state index in [1.54, 1.807) is 31.3 Å². The number of aryl methyl sites for hydroxylation is 2. The summed E-state index contributed by atoms with van der Waals surface area (Å²) >= 11 is 0. The highest BCUT2D eigenvalue weighted by Crippen LogP contribution is 2.31. The van der Waals surface area contributed by atoms with Gasteiger partial charge in [0.05, 0.1) is 16.1 Å². The predicted octanol–water partition coefficient (Wildman–Crippen LogP) is 2.05. The fraction of sp³-hybridized carbons (Fsp3) is 0.316. The van der Waals surface area contributed by atoms with Crippen LogP contribution in [0.5, 0.6) is 0 Å². The third-order valence-corrected chi connectivity index (χ3v) is 5.60. The summed E-state index contributed by atoms with van der Waals surface area (Å²) in [6.07, 6.45) is 1.56. The van der Waals surface area contributed by atoms with Gasteiger partial charge in [0.25, 0.3) is 5.89 Å². The number of pyridine rings is 1. The van der Waals surface area contributed by atoms with Crippen molar-refractivity contribution in [3.63, 3.8) is 0 Å². The van der Waals surface area contributed by atoms with Crippen molar-refractivity contribution >= 4 is 15.8 Å². The van der Waals surface area contributed by atoms with Gasteiger partial charge in [-0.25, -0.2) is 18.1 Å². The van der Waals surface area contributed by atoms with Gasteiger partial charge in [-0.3, -0.25) is 0 Å². The number of nitrogens with zero attached hydrogens (tertiary/aromatic N) is 3. The molecule has 2 heterocycles. The Bertz CT molecular complexity index is 1150. The van der Waals surface area contributed by atoms with Crippen molar-refractivity contribution in [2.45, 2.75) is 38.2 Å². The summed E-state index contributed by atoms with van der Waals surface area (Å²) in [5, 5.41) is 17.6. The number of rotatable bonds is 6. The van der Waals surface area contributed by atoms with Gasteiger partial charge in [0.15, 0.2) is 0 Å². The maximum atomic E-state index is 12.6. The van der Waals surface area contributed by atoms with Crippen molar-refractivity contribution < 1.29 is 17.9 Å². The minimum absolute atomic E-state index is 0.0781. The standard InChI is InChI=1S/C19H23N5O4S/c1-11-5-6-14(29(26,27)22-10-19(3,4)25)8-15(11)13-7-16(17(20)21-9-13)18-24-23-12(2)28-18/h5-9,22,25H,10H2,1-4H3,(H2,20,21). The SMILES string of the molecule is Cc1nnc(-c2cc(-c3cc(S(=O)(=O)NCC(C)(C)O)ccc3C)cnc2N)o1. The molecule has 3 rings (SSSR count). The molecule has 29 heavy (non-hydrogen) atoms. The first-order chi connectivity index (χ1) is 13.5. The number of nitrogens with one attached hydrogen (secondary N) is 1. The quantitative estimate of drug-likeness (QED) is 0.553. The van der Waals surface area contributed by atoms with E-state index in [0.717, 1.165) is 5.56 Å². The molecular formula is C19H23N5O4S. The molecule has 154 valence electrons. The number of aliphatic hydroxyl groups is 1. The van der Waals surface area contributed by atoms with Crippen LogP contribution in [0, 0.1) is 13.8 Å². The van der Waals surface area contributed by atoms with Crippen molar-refractivity contribution in [2.24, 2.45) is 0 Å². The fourth-order valence-electron chi connectivity index (χ4n) is 2.63. The zero-order chi connectivity index (χ0) is 21.4. The van der Waals surface area contributed by atoms with Crippen LogP contribution in [0.2, 0.25) is 0 Å². The van der Waals surface area contributed by atoms with Crippen molar-refractivity contribution in [3.05, 3.63) is 41.9 Å². The van der Waals surface area contributed by atoms with Crippen LogP contribution in [0.3, 0.4) is 0 Å². The van der Waals surface area contributed by atoms with Gasteiger partial charge in [-0.15, -0.1) is 10.2 Å². The third-order valence-electron chi connectivity index (χ3n) is 4.20. The lowest BCUT2D eigenvalue weighted by Crippen LogP contribution is -2.38. The van der Waals surface area contributed by atoms with Crippen LogP contribution in [0.15, 0.2) is 39.8 Å². The minimum Gasteiger partial charge on any atom is -0.421 e. The first-order valence-electron chi connectivity index (χ1n) is 8.85. The zero-order valence-electron chi connectivity index (χ0n) is 16.6. The number of benzene rings is 1. The minimum atomic E-state index is -3.80. The zero-order valence-corrected chi connectivity index (χ0v) is 17.4. The molecule has 2 aromatic heterocycles. The van der Waals surface area contributed by atoms with Crippen molar-refractivity contribution in [1.82, 2.24) is 19.9 Å². The average molecular weight is 417 g/mol. The lowest BCUT2D eigenvalue weighted by Gasteiger charge is -2.18. The highest BCUT2D eigenvalue weighted by Gasteiger charge is 2.21. The second-order valence-corrected chi connectivity index (χ2v) is 9.16. The predicted molar refractivity (Wildman–Crippen MR) is 108 cm³/mol. The van der Waals surface area contributed by atoms with Gasteiger partial charge in [0, 0.05) is 25.2 Å². The van der Waals surface area contributed by atoms with Crippen LogP contribution < -0.4 is 10.5 Å². The van der Waals surface area contributed by atoms with E-state index in [-0.39, 0.29) is 23.1 Å². The molecule has 0 aliphatic carbocycles. The number of sulfonamides is 1. The fourth-order valence-corrected chi connectivity index (χ4v) is 3.86. The summed E-state index contributed by atoms with van der Waals surface area (Å²) in [5.74, 6) is 0.861. The normalized spacial score (nSPS) is 12.3. The number of nitrogen functional groups attached to an aromatic ring is 1. The molecule has 0 saturated carbocycles. The van der Waals surface area contributed by atoms with E-state index in [2.05, 4.69) is 19.9 Å². The molecule has 0 radical (unpaired) electrons. The van der Waals surface area contributed by atoms with Crippen molar-refractivity contribution in [1.29, 1.82) is 0 Å². The Labute approximate surface area is 169 Å². The molecular weight excluding hydrogens is 394 g/mol. The highest BCUT2D eigenvalue weighted by molar-refractivity contribution is 7.89. The van der Waals surface area contributed by atoms with Gasteiger partial charge in [0.1, 0.15) is 5.82 Å². The average Bonchev–Trinajstić information content (AvgIpc) is 3.06. The largest absolute Gasteiger partial charge is 0.421 e. The van der Waals surface area contributed by atoms with E-state index in [0.29, 0.717) is 22.6 Å². The number of anilines is 1. The van der Waals surface area contributed by atoms with Crippen LogP contribution in [-0.4, -0.2) is 40.9 Å². The molecule has 9 nitrogen and oxygen atoms in total. The van der Waals surface area contributed by atoms with Crippen molar-refractivity contribution in [3.8, 4) is 22.6 Å². The lowest BCUT2D eigenvalue weighted by atomic mass is 10.0. The maximum Gasteiger partial charge on any atom is 0.251 e. The van der Waals surface area contributed by atoms with E-state index < -0.39 is 15.6 Å². The molecule has 1 aromatic carbocycles. The maximum absolute atomic E-state index is 12.6. The summed E-state index contributed by atoms with van der Waals surface area (Å²) in [4.78, 5) is 4.27. The molecule has 0 aliphatic rings. The van der Waals surface area contributed by atoms with Crippen LogP contribution in [-0.2, 0) is 10.0 Å². The molecule has 0 saturated heterocycles. The number of hydrogen-bond donors (Lipinski definition) is 3. The van der Waals surface area contributed by atoms with Crippen LogP contribution in [0.1, 0.15) is 25.3 Å². The number of nitrogens with two attached hydrogens (primary N) is 1. The Balaban J connectivity index is 2.03. The Morgan fingerprint density at radius 1 is 1.17 bits per heavy atom. The molecule has 0 spiro atoms. The lowest BCUT2D eigenvalue weighted by molar-refractivity contribution is 0.0857. The third kappa shape index (κ3) is 4.78. The van der Waals surface area contributed by atoms with E-state index in [9.17, 15) is 13.5 Å². The molecule has 4 N–H and O–H groups in total. The second kappa shape index (κ2) is 7.54. The van der Waals surface area contributed by atoms with Crippen molar-refractivity contribution in [2.75, 3.05) is 12.3 Å². The van der Waals surface area contributed by atoms with E-state index in [1.807, 2.05) is 6.92 Å². The molecule has 0 bridgehead atoms. The molecule has 10 heteroatoms. The topological polar surface area (TPSA) is 144 Å². The van der Waals surface area contributed by atoms with Gasteiger partial charge in [-0.05, 0) is 50.1 Å². The molecule has 0 aliphatic heterocycles. The summed E-state index contributed by atoms with van der Waals surface area (Å²) < 4.78 is 33.1. The number of hydrogen-bond acceptors (Lipinski definition) is 8. The molecule has 0 amide bonds. The Hall–Kier alpha value is -2.82. The summed E-state index contributed by atoms with van der Waals surface area (Å²) in [6.45, 7) is 6.47. The van der Waals surface area contributed by atoms with E-state index in [1.165, 1.54) is 19.9 Å². The Morgan fingerprint density at radius 2 is 1.90 bits per heavy atom. The van der Waals surface area contributed by atoms with Crippen LogP contribution in [0.25, 0.3) is 22.6 Å². The van der Waals surface area contributed by atoms with E-state index in [4.69, 9.17) is 10.2 Å². The second-order valence-electron chi connectivity index (χ2n) is 7.40. The number of aromatic nitrogens is 3. The monoisotopic (exact) mass is 417 g/mol. The summed E-state index contributed by atoms with van der Waals surface area (Å²) in [7, 11) is -3.80. The summed E-state index contributed by atoms with van der Waals surface area (Å²) in [5.41, 5.74) is 7.43. The van der Waals surface area contributed by atoms with Gasteiger partial charge in [-0.2, -0.15) is 0 Å². The van der Waals surface area contributed by atoms with Gasteiger partial charge >= 0.3 is 0 Å². The van der Waals surface area contributed by atoms with Gasteiger partial charge in [-0.1, -0.05) is 6.07 Å². The molecule has 3 aromatic rings. The molecule has 0 unspecified atom stereocenters. The first kappa shape index (κ1) is 20.9. The molecule has 0 atom stereocenters. The first-order valence-corrected chi connectivity index (χ1v) is 10.3. The smallest absolute Gasteiger partial charge is 0.251 e. The van der Waals surface area contributed by atoms with Crippen LogP contribution in [0.4, 0.5) is 5.82 Å². The Kier molecular flexibility index (Phi) is 5.44. The highest BCUT2D eigenvalue weighted by atomic mass is 32.2. The Morgan fingerprint density at radius 3 is 2.52 bits per heavy atom. The van der Waals surface area contributed by atoms with Gasteiger partial charge in [0.2, 0.25) is 15.9 Å². The summed E-state index contributed by atoms with van der Waals surface area (Å²) in [6, 6.07) is 6.51. The van der Waals surface area contributed by atoms with Crippen LogP contribution >= 0.6 is 0 Å². The van der Waals surface area contributed by atoms with E-state index >= 15 is 0 Å². The van der Waals surface area contributed by atoms with Gasteiger partial charge < -0.3 is 15.3 Å².